The van der Waals surface area contributed by atoms with Gasteiger partial charge in [0.25, 0.3) is 0 Å². The standard InChI is InChI=1S/C55H37NS/c1-3-10-37(11-4-1)39-18-26-46(27-19-39)56(47-28-20-40(21-29-47)38-12-5-2-6-13-38)48-30-22-41(23-31-48)51-16-9-17-53-52-33-25-43(36-54(52)57-55(51)53)42-24-32-50-45(34-42)35-44-14-7-8-15-49(44)50/h1-34,36H,35H2. The predicted molar refractivity (Wildman–Crippen MR) is 244 cm³/mol. The molecule has 10 aromatic rings. The van der Waals surface area contributed by atoms with E-state index >= 15 is 0 Å². The summed E-state index contributed by atoms with van der Waals surface area (Å²) in [6, 6.07) is 77.7. The van der Waals surface area contributed by atoms with E-state index in [0.717, 1.165) is 23.5 Å². The zero-order valence-electron chi connectivity index (χ0n) is 31.3. The summed E-state index contributed by atoms with van der Waals surface area (Å²) in [5.41, 5.74) is 18.8. The number of rotatable bonds is 7. The number of fused-ring (bicyclic) bond motifs is 6. The average molecular weight is 744 g/mol. The van der Waals surface area contributed by atoms with E-state index in [0.29, 0.717) is 0 Å². The van der Waals surface area contributed by atoms with Crippen LogP contribution in [0.15, 0.2) is 212 Å². The van der Waals surface area contributed by atoms with Crippen LogP contribution in [0.1, 0.15) is 11.1 Å². The van der Waals surface area contributed by atoms with Crippen molar-refractivity contribution < 1.29 is 0 Å². The minimum absolute atomic E-state index is 1.01. The second-order valence-electron chi connectivity index (χ2n) is 14.9. The molecule has 0 unspecified atom stereocenters. The molecule has 0 atom stereocenters. The van der Waals surface area contributed by atoms with E-state index in [-0.39, 0.29) is 0 Å². The lowest BCUT2D eigenvalue weighted by atomic mass is 9.98. The first kappa shape index (κ1) is 33.3. The maximum atomic E-state index is 2.40. The van der Waals surface area contributed by atoms with Gasteiger partial charge in [-0.1, -0.05) is 170 Å². The van der Waals surface area contributed by atoms with Crippen molar-refractivity contribution in [3.63, 3.8) is 0 Å². The molecule has 1 aromatic heterocycles. The highest BCUT2D eigenvalue weighted by atomic mass is 32.1. The van der Waals surface area contributed by atoms with Gasteiger partial charge in [-0.3, -0.25) is 0 Å². The molecule has 0 spiro atoms. The number of hydrogen-bond acceptors (Lipinski definition) is 2. The zero-order valence-corrected chi connectivity index (χ0v) is 32.1. The molecule has 1 aliphatic rings. The third-order valence-electron chi connectivity index (χ3n) is 11.5. The molecule has 0 saturated carbocycles. The summed E-state index contributed by atoms with van der Waals surface area (Å²) in [6.45, 7) is 0. The van der Waals surface area contributed by atoms with Gasteiger partial charge < -0.3 is 4.90 Å². The van der Waals surface area contributed by atoms with Crippen molar-refractivity contribution in [2.75, 3.05) is 4.90 Å². The van der Waals surface area contributed by atoms with Crippen LogP contribution in [0.3, 0.4) is 0 Å². The molecule has 1 heterocycles. The van der Waals surface area contributed by atoms with Gasteiger partial charge in [-0.15, -0.1) is 11.3 Å². The Balaban J connectivity index is 0.939. The molecule has 0 radical (unpaired) electrons. The quantitative estimate of drug-likeness (QED) is 0.157. The second-order valence-corrected chi connectivity index (χ2v) is 16.0. The highest BCUT2D eigenvalue weighted by Gasteiger charge is 2.19. The van der Waals surface area contributed by atoms with E-state index in [1.165, 1.54) is 86.9 Å². The lowest BCUT2D eigenvalue weighted by Crippen LogP contribution is -2.09. The van der Waals surface area contributed by atoms with E-state index in [2.05, 4.69) is 217 Å². The summed E-state index contributed by atoms with van der Waals surface area (Å²) < 4.78 is 2.64. The van der Waals surface area contributed by atoms with E-state index in [4.69, 9.17) is 0 Å². The molecule has 0 bridgehead atoms. The summed E-state index contributed by atoms with van der Waals surface area (Å²) in [6.07, 6.45) is 1.01. The summed E-state index contributed by atoms with van der Waals surface area (Å²) in [5, 5.41) is 2.63. The van der Waals surface area contributed by atoms with Crippen LogP contribution in [0, 0.1) is 0 Å². The molecule has 1 aliphatic carbocycles. The fourth-order valence-corrected chi connectivity index (χ4v) is 9.91. The van der Waals surface area contributed by atoms with Gasteiger partial charge in [0.1, 0.15) is 0 Å². The molecular formula is C55H37NS. The van der Waals surface area contributed by atoms with Crippen LogP contribution in [0.5, 0.6) is 0 Å². The fraction of sp³-hybridized carbons (Fsp3) is 0.0182. The SMILES string of the molecule is c1ccc(-c2ccc(N(c3ccc(-c4ccccc4)cc3)c3ccc(-c4cccc5c4sc4cc(-c6ccc7c(c6)Cc6ccccc6-7)ccc45)cc3)cc2)cc1. The van der Waals surface area contributed by atoms with Crippen LogP contribution in [-0.2, 0) is 6.42 Å². The maximum Gasteiger partial charge on any atom is 0.0462 e. The smallest absolute Gasteiger partial charge is 0.0462 e. The Hall–Kier alpha value is -7.00. The third kappa shape index (κ3) is 6.03. The Kier molecular flexibility index (Phi) is 8.15. The van der Waals surface area contributed by atoms with E-state index in [1.807, 2.05) is 11.3 Å². The van der Waals surface area contributed by atoms with E-state index < -0.39 is 0 Å². The van der Waals surface area contributed by atoms with Gasteiger partial charge in [-0.25, -0.2) is 0 Å². The van der Waals surface area contributed by atoms with Crippen LogP contribution < -0.4 is 4.90 Å². The molecule has 9 aromatic carbocycles. The van der Waals surface area contributed by atoms with Crippen molar-refractivity contribution in [3.8, 4) is 55.6 Å². The molecular weight excluding hydrogens is 707 g/mol. The molecule has 0 amide bonds. The fourth-order valence-electron chi connectivity index (χ4n) is 8.63. The van der Waals surface area contributed by atoms with Crippen LogP contribution in [-0.4, -0.2) is 0 Å². The monoisotopic (exact) mass is 743 g/mol. The first-order valence-electron chi connectivity index (χ1n) is 19.6. The molecule has 0 fully saturated rings. The molecule has 1 nitrogen and oxygen atoms in total. The third-order valence-corrected chi connectivity index (χ3v) is 12.7. The van der Waals surface area contributed by atoms with Crippen molar-refractivity contribution in [2.45, 2.75) is 6.42 Å². The number of anilines is 3. The van der Waals surface area contributed by atoms with Gasteiger partial charge in [0.05, 0.1) is 0 Å². The molecule has 57 heavy (non-hydrogen) atoms. The van der Waals surface area contributed by atoms with Crippen molar-refractivity contribution in [3.05, 3.63) is 223 Å². The Labute approximate surface area is 337 Å². The van der Waals surface area contributed by atoms with Crippen molar-refractivity contribution in [2.24, 2.45) is 0 Å². The van der Waals surface area contributed by atoms with Crippen LogP contribution in [0.4, 0.5) is 17.1 Å². The molecule has 0 N–H and O–H groups in total. The Morgan fingerprint density at radius 1 is 0.316 bits per heavy atom. The first-order chi connectivity index (χ1) is 28.2. The number of thiophene rings is 1. The first-order valence-corrected chi connectivity index (χ1v) is 20.4. The van der Waals surface area contributed by atoms with Gasteiger partial charge in [-0.2, -0.15) is 0 Å². The molecule has 0 aliphatic heterocycles. The van der Waals surface area contributed by atoms with Crippen molar-refractivity contribution in [1.29, 1.82) is 0 Å². The number of benzene rings is 9. The van der Waals surface area contributed by atoms with Gasteiger partial charge in [0, 0.05) is 37.2 Å². The van der Waals surface area contributed by atoms with Crippen molar-refractivity contribution in [1.82, 2.24) is 0 Å². The molecule has 0 saturated heterocycles. The van der Waals surface area contributed by atoms with Crippen LogP contribution in [0.25, 0.3) is 75.8 Å². The Bertz CT molecular complexity index is 2970. The van der Waals surface area contributed by atoms with E-state index in [9.17, 15) is 0 Å². The summed E-state index contributed by atoms with van der Waals surface area (Å²) in [7, 11) is 0. The maximum absolute atomic E-state index is 2.40. The highest BCUT2D eigenvalue weighted by molar-refractivity contribution is 7.26. The van der Waals surface area contributed by atoms with Gasteiger partial charge in [-0.05, 0) is 116 Å². The lowest BCUT2D eigenvalue weighted by molar-refractivity contribution is 1.26. The normalized spacial score (nSPS) is 11.8. The minimum Gasteiger partial charge on any atom is -0.311 e. The van der Waals surface area contributed by atoms with E-state index in [1.54, 1.807) is 0 Å². The topological polar surface area (TPSA) is 3.24 Å². The molecule has 2 heteroatoms. The largest absolute Gasteiger partial charge is 0.311 e. The van der Waals surface area contributed by atoms with Crippen LogP contribution >= 0.6 is 11.3 Å². The van der Waals surface area contributed by atoms with Crippen molar-refractivity contribution >= 4 is 48.6 Å². The second kappa shape index (κ2) is 13.9. The number of hydrogen-bond donors (Lipinski definition) is 0. The zero-order chi connectivity index (χ0) is 37.7. The van der Waals surface area contributed by atoms with Gasteiger partial charge in [0.2, 0.25) is 0 Å². The lowest BCUT2D eigenvalue weighted by Gasteiger charge is -2.26. The summed E-state index contributed by atoms with van der Waals surface area (Å²) in [4.78, 5) is 2.35. The average Bonchev–Trinajstić information content (AvgIpc) is 3.86. The summed E-state index contributed by atoms with van der Waals surface area (Å²) in [5.74, 6) is 0. The number of nitrogens with zero attached hydrogens (tertiary/aromatic N) is 1. The van der Waals surface area contributed by atoms with Gasteiger partial charge in [0.15, 0.2) is 0 Å². The molecule has 268 valence electrons. The Morgan fingerprint density at radius 2 is 0.807 bits per heavy atom. The Morgan fingerprint density at radius 3 is 1.46 bits per heavy atom. The molecule has 11 rings (SSSR count). The predicted octanol–water partition coefficient (Wildman–Crippen LogP) is 15.8. The minimum atomic E-state index is 1.01. The summed E-state index contributed by atoms with van der Waals surface area (Å²) >= 11 is 1.90. The van der Waals surface area contributed by atoms with Crippen LogP contribution in [0.2, 0.25) is 0 Å². The highest BCUT2D eigenvalue weighted by Crippen LogP contribution is 2.44. The van der Waals surface area contributed by atoms with Gasteiger partial charge >= 0.3 is 0 Å².